The van der Waals surface area contributed by atoms with Gasteiger partial charge in [0.2, 0.25) is 0 Å². The van der Waals surface area contributed by atoms with E-state index in [1.165, 1.54) is 0 Å². The van der Waals surface area contributed by atoms with E-state index in [0.717, 1.165) is 16.7 Å². The minimum Gasteiger partial charge on any atom is -0.495 e. The zero-order valence-corrected chi connectivity index (χ0v) is 11.1. The lowest BCUT2D eigenvalue weighted by Gasteiger charge is -2.15. The second-order valence-corrected chi connectivity index (χ2v) is 4.57. The first-order valence-corrected chi connectivity index (χ1v) is 6.00. The topological polar surface area (TPSA) is 48.1 Å². The van der Waals surface area contributed by atoms with E-state index in [2.05, 4.69) is 4.98 Å². The summed E-state index contributed by atoms with van der Waals surface area (Å²) in [5.41, 5.74) is 9.08. The number of benzene rings is 1. The summed E-state index contributed by atoms with van der Waals surface area (Å²) in [6, 6.07) is 7.41. The molecule has 0 fully saturated rings. The van der Waals surface area contributed by atoms with Gasteiger partial charge in [0.15, 0.2) is 0 Å². The predicted molar refractivity (Wildman–Crippen MR) is 73.0 cm³/mol. The maximum atomic E-state index is 6.22. The van der Waals surface area contributed by atoms with Crippen molar-refractivity contribution in [3.8, 4) is 5.75 Å². The lowest BCUT2D eigenvalue weighted by atomic mass is 10.00. The fourth-order valence-electron chi connectivity index (χ4n) is 1.78. The summed E-state index contributed by atoms with van der Waals surface area (Å²) in [6.07, 6.45) is 3.37. The van der Waals surface area contributed by atoms with Crippen molar-refractivity contribution in [2.24, 2.45) is 5.73 Å². The molecule has 1 aromatic carbocycles. The lowest BCUT2D eigenvalue weighted by molar-refractivity contribution is 0.412. The first-order valence-electron chi connectivity index (χ1n) is 5.62. The standard InChI is InChI=1S/C14H15ClN2O/c1-9-3-4-12(13(15)5-9)14(16)10-6-11(18-2)8-17-7-10/h3-8,14H,16H2,1-2H3. The molecule has 0 amide bonds. The summed E-state index contributed by atoms with van der Waals surface area (Å²) in [5, 5.41) is 0.672. The van der Waals surface area contributed by atoms with Crippen LogP contribution in [0.3, 0.4) is 0 Å². The predicted octanol–water partition coefficient (Wildman–Crippen LogP) is 3.10. The molecular weight excluding hydrogens is 248 g/mol. The van der Waals surface area contributed by atoms with Crippen molar-refractivity contribution in [3.05, 3.63) is 58.4 Å². The van der Waals surface area contributed by atoms with Crippen molar-refractivity contribution < 1.29 is 4.74 Å². The van der Waals surface area contributed by atoms with Gasteiger partial charge in [-0.25, -0.2) is 0 Å². The van der Waals surface area contributed by atoms with Crippen molar-refractivity contribution in [3.63, 3.8) is 0 Å². The van der Waals surface area contributed by atoms with Gasteiger partial charge in [-0.05, 0) is 35.7 Å². The maximum Gasteiger partial charge on any atom is 0.137 e. The first kappa shape index (κ1) is 12.9. The molecule has 0 aliphatic rings. The van der Waals surface area contributed by atoms with Crippen molar-refractivity contribution in [1.29, 1.82) is 0 Å². The molecule has 0 radical (unpaired) electrons. The molecule has 0 saturated heterocycles. The first-order chi connectivity index (χ1) is 8.61. The fourth-order valence-corrected chi connectivity index (χ4v) is 2.13. The molecule has 1 heterocycles. The normalized spacial score (nSPS) is 12.2. The molecule has 0 spiro atoms. The largest absolute Gasteiger partial charge is 0.495 e. The highest BCUT2D eigenvalue weighted by Gasteiger charge is 2.13. The van der Waals surface area contributed by atoms with Crippen molar-refractivity contribution in [2.75, 3.05) is 7.11 Å². The number of aryl methyl sites for hydroxylation is 1. The SMILES string of the molecule is COc1cncc(C(N)c2ccc(C)cc2Cl)c1. The Hall–Kier alpha value is -1.58. The molecule has 2 aromatic rings. The monoisotopic (exact) mass is 262 g/mol. The number of hydrogen-bond donors (Lipinski definition) is 1. The second kappa shape index (κ2) is 5.38. The van der Waals surface area contributed by atoms with Crippen LogP contribution in [0.2, 0.25) is 5.02 Å². The van der Waals surface area contributed by atoms with Gasteiger partial charge in [0.05, 0.1) is 19.3 Å². The summed E-state index contributed by atoms with van der Waals surface area (Å²) in [6.45, 7) is 1.99. The van der Waals surface area contributed by atoms with E-state index in [1.54, 1.807) is 19.5 Å². The van der Waals surface area contributed by atoms with Crippen LogP contribution in [-0.4, -0.2) is 12.1 Å². The molecule has 2 rings (SSSR count). The van der Waals surface area contributed by atoms with Gasteiger partial charge < -0.3 is 10.5 Å². The van der Waals surface area contributed by atoms with E-state index in [4.69, 9.17) is 22.1 Å². The van der Waals surface area contributed by atoms with E-state index in [-0.39, 0.29) is 6.04 Å². The fraction of sp³-hybridized carbons (Fsp3) is 0.214. The third-order valence-electron chi connectivity index (χ3n) is 2.82. The van der Waals surface area contributed by atoms with Crippen LogP contribution < -0.4 is 10.5 Å². The van der Waals surface area contributed by atoms with Crippen LogP contribution in [0, 0.1) is 6.92 Å². The molecule has 1 unspecified atom stereocenters. The molecule has 0 aliphatic heterocycles. The minimum absolute atomic E-state index is 0.305. The van der Waals surface area contributed by atoms with Crippen LogP contribution in [-0.2, 0) is 0 Å². The Labute approximate surface area is 112 Å². The summed E-state index contributed by atoms with van der Waals surface area (Å²) in [5.74, 6) is 0.686. The van der Waals surface area contributed by atoms with Gasteiger partial charge in [-0.1, -0.05) is 23.7 Å². The Balaban J connectivity index is 2.37. The van der Waals surface area contributed by atoms with E-state index >= 15 is 0 Å². The average Bonchev–Trinajstić information content (AvgIpc) is 2.38. The van der Waals surface area contributed by atoms with Crippen molar-refractivity contribution in [2.45, 2.75) is 13.0 Å². The van der Waals surface area contributed by atoms with Gasteiger partial charge in [-0.3, -0.25) is 4.98 Å². The van der Waals surface area contributed by atoms with Crippen LogP contribution in [0.1, 0.15) is 22.7 Å². The van der Waals surface area contributed by atoms with Crippen LogP contribution in [0.15, 0.2) is 36.7 Å². The number of rotatable bonds is 3. The van der Waals surface area contributed by atoms with Crippen LogP contribution >= 0.6 is 11.6 Å². The Morgan fingerprint density at radius 3 is 2.72 bits per heavy atom. The number of ether oxygens (including phenoxy) is 1. The molecule has 94 valence electrons. The molecule has 0 bridgehead atoms. The number of pyridine rings is 1. The Morgan fingerprint density at radius 1 is 1.28 bits per heavy atom. The Morgan fingerprint density at radius 2 is 2.06 bits per heavy atom. The number of nitrogens with two attached hydrogens (primary N) is 1. The summed E-state index contributed by atoms with van der Waals surface area (Å²) in [7, 11) is 1.60. The second-order valence-electron chi connectivity index (χ2n) is 4.16. The third kappa shape index (κ3) is 2.63. The van der Waals surface area contributed by atoms with Gasteiger partial charge in [-0.15, -0.1) is 0 Å². The van der Waals surface area contributed by atoms with Crippen molar-refractivity contribution in [1.82, 2.24) is 4.98 Å². The molecule has 1 atom stereocenters. The zero-order valence-electron chi connectivity index (χ0n) is 10.4. The van der Waals surface area contributed by atoms with Crippen LogP contribution in [0.25, 0.3) is 0 Å². The number of hydrogen-bond acceptors (Lipinski definition) is 3. The van der Waals surface area contributed by atoms with E-state index in [0.29, 0.717) is 10.8 Å². The summed E-state index contributed by atoms with van der Waals surface area (Å²) >= 11 is 6.22. The van der Waals surface area contributed by atoms with Crippen LogP contribution in [0.5, 0.6) is 5.75 Å². The summed E-state index contributed by atoms with van der Waals surface area (Å²) < 4.78 is 5.14. The minimum atomic E-state index is -0.305. The highest BCUT2D eigenvalue weighted by molar-refractivity contribution is 6.31. The van der Waals surface area contributed by atoms with Crippen LogP contribution in [0.4, 0.5) is 0 Å². The highest BCUT2D eigenvalue weighted by Crippen LogP contribution is 2.28. The molecule has 18 heavy (non-hydrogen) atoms. The lowest BCUT2D eigenvalue weighted by Crippen LogP contribution is -2.13. The molecule has 0 aliphatic carbocycles. The van der Waals surface area contributed by atoms with E-state index in [9.17, 15) is 0 Å². The molecule has 0 saturated carbocycles. The Kier molecular flexibility index (Phi) is 3.84. The van der Waals surface area contributed by atoms with E-state index in [1.807, 2.05) is 31.2 Å². The number of halogens is 1. The smallest absolute Gasteiger partial charge is 0.137 e. The number of aromatic nitrogens is 1. The van der Waals surface area contributed by atoms with Gasteiger partial charge in [-0.2, -0.15) is 0 Å². The van der Waals surface area contributed by atoms with Gasteiger partial charge in [0.1, 0.15) is 5.75 Å². The number of methoxy groups -OCH3 is 1. The zero-order chi connectivity index (χ0) is 13.1. The Bertz CT molecular complexity index is 557. The quantitative estimate of drug-likeness (QED) is 0.925. The molecule has 2 N–H and O–H groups in total. The number of nitrogens with zero attached hydrogens (tertiary/aromatic N) is 1. The highest BCUT2D eigenvalue weighted by atomic mass is 35.5. The van der Waals surface area contributed by atoms with Gasteiger partial charge in [0.25, 0.3) is 0 Å². The van der Waals surface area contributed by atoms with Gasteiger partial charge in [0, 0.05) is 11.2 Å². The molecular formula is C14H15ClN2O. The third-order valence-corrected chi connectivity index (χ3v) is 3.15. The average molecular weight is 263 g/mol. The summed E-state index contributed by atoms with van der Waals surface area (Å²) in [4.78, 5) is 4.10. The molecule has 1 aromatic heterocycles. The molecule has 3 nitrogen and oxygen atoms in total. The van der Waals surface area contributed by atoms with Gasteiger partial charge >= 0.3 is 0 Å². The van der Waals surface area contributed by atoms with E-state index < -0.39 is 0 Å². The molecule has 4 heteroatoms. The maximum absolute atomic E-state index is 6.22. The van der Waals surface area contributed by atoms with Crippen molar-refractivity contribution >= 4 is 11.6 Å².